The van der Waals surface area contributed by atoms with E-state index in [1.54, 1.807) is 25.3 Å². The molecule has 0 spiro atoms. The Hall–Kier alpha value is -3.32. The molecule has 1 atom stereocenters. The predicted octanol–water partition coefficient (Wildman–Crippen LogP) is 3.39. The van der Waals surface area contributed by atoms with Crippen LogP contribution >= 0.6 is 0 Å². The maximum Gasteiger partial charge on any atom is 0.295 e. The van der Waals surface area contributed by atoms with Crippen LogP contribution in [0.15, 0.2) is 48.0 Å². The maximum absolute atomic E-state index is 13.1. The molecule has 0 unspecified atom stereocenters. The van der Waals surface area contributed by atoms with E-state index in [2.05, 4.69) is 0 Å². The summed E-state index contributed by atoms with van der Waals surface area (Å²) in [6.07, 6.45) is 0. The number of ether oxygens (including phenoxy) is 2. The number of hydrogen-bond donors (Lipinski definition) is 1. The van der Waals surface area contributed by atoms with E-state index in [1.807, 2.05) is 57.1 Å². The molecule has 2 aromatic rings. The van der Waals surface area contributed by atoms with E-state index in [0.29, 0.717) is 42.3 Å². The van der Waals surface area contributed by atoms with Gasteiger partial charge in [-0.3, -0.25) is 9.59 Å². The maximum atomic E-state index is 13.1. The molecule has 170 valence electrons. The number of amides is 1. The van der Waals surface area contributed by atoms with Gasteiger partial charge in [0, 0.05) is 24.2 Å². The number of benzene rings is 2. The number of para-hydroxylation sites is 1. The van der Waals surface area contributed by atoms with Crippen LogP contribution in [-0.2, 0) is 9.59 Å². The number of hydrogen-bond acceptors (Lipinski definition) is 6. The first-order valence-electron chi connectivity index (χ1n) is 10.6. The van der Waals surface area contributed by atoms with Crippen LogP contribution in [0.4, 0.5) is 0 Å². The molecule has 1 saturated heterocycles. The van der Waals surface area contributed by atoms with Crippen molar-refractivity contribution in [3.05, 3.63) is 64.7 Å². The Balaban J connectivity index is 2.20. The molecule has 2 aromatic carbocycles. The van der Waals surface area contributed by atoms with Crippen LogP contribution in [0.2, 0.25) is 0 Å². The number of ketones is 1. The zero-order chi connectivity index (χ0) is 23.4. The summed E-state index contributed by atoms with van der Waals surface area (Å²) in [5.74, 6) is -0.293. The molecular weight excluding hydrogens is 408 g/mol. The van der Waals surface area contributed by atoms with Crippen molar-refractivity contribution in [1.82, 2.24) is 9.80 Å². The number of aliphatic hydroxyl groups excluding tert-OH is 1. The fourth-order valence-electron chi connectivity index (χ4n) is 3.92. The molecule has 0 saturated carbocycles. The van der Waals surface area contributed by atoms with Crippen molar-refractivity contribution in [3.8, 4) is 11.5 Å². The van der Waals surface area contributed by atoms with Gasteiger partial charge in [0.15, 0.2) is 0 Å². The fourth-order valence-corrected chi connectivity index (χ4v) is 3.92. The van der Waals surface area contributed by atoms with Crippen molar-refractivity contribution in [1.29, 1.82) is 0 Å². The number of likely N-dealkylation sites (N-methyl/N-ethyl adjacent to an activating group) is 1. The molecule has 1 heterocycles. The molecular formula is C25H30N2O5. The highest BCUT2D eigenvalue weighted by molar-refractivity contribution is 6.46. The number of aliphatic hydroxyl groups is 1. The van der Waals surface area contributed by atoms with E-state index in [4.69, 9.17) is 9.47 Å². The average molecular weight is 439 g/mol. The van der Waals surface area contributed by atoms with Crippen molar-refractivity contribution in [2.24, 2.45) is 0 Å². The SMILES string of the molecule is CCOc1ccccc1[C@@H]1C(=C(O)c2ccc(OC)c(C)c2)C(=O)C(=O)N1CCN(C)C. The van der Waals surface area contributed by atoms with E-state index in [9.17, 15) is 14.7 Å². The third-order valence-electron chi connectivity index (χ3n) is 5.51. The lowest BCUT2D eigenvalue weighted by atomic mass is 9.94. The first-order chi connectivity index (χ1) is 15.3. The molecule has 0 radical (unpaired) electrons. The molecule has 0 bridgehead atoms. The van der Waals surface area contributed by atoms with Gasteiger partial charge in [-0.25, -0.2) is 0 Å². The molecule has 1 amide bonds. The number of nitrogens with zero attached hydrogens (tertiary/aromatic N) is 2. The van der Waals surface area contributed by atoms with Crippen LogP contribution in [0.1, 0.15) is 29.7 Å². The fraction of sp³-hybridized carbons (Fsp3) is 0.360. The highest BCUT2D eigenvalue weighted by Crippen LogP contribution is 2.42. The third-order valence-corrected chi connectivity index (χ3v) is 5.51. The number of methoxy groups -OCH3 is 1. The van der Waals surface area contributed by atoms with Crippen LogP contribution in [0, 0.1) is 6.92 Å². The van der Waals surface area contributed by atoms with E-state index in [0.717, 1.165) is 5.56 Å². The zero-order valence-corrected chi connectivity index (χ0v) is 19.2. The van der Waals surface area contributed by atoms with Gasteiger partial charge in [-0.2, -0.15) is 0 Å². The lowest BCUT2D eigenvalue weighted by Gasteiger charge is -2.27. The Morgan fingerprint density at radius 3 is 2.47 bits per heavy atom. The summed E-state index contributed by atoms with van der Waals surface area (Å²) in [5, 5.41) is 11.2. The molecule has 1 fully saturated rings. The van der Waals surface area contributed by atoms with Crippen LogP contribution in [0.25, 0.3) is 5.76 Å². The van der Waals surface area contributed by atoms with Gasteiger partial charge in [-0.1, -0.05) is 18.2 Å². The second-order valence-corrected chi connectivity index (χ2v) is 7.95. The Labute approximate surface area is 188 Å². The van der Waals surface area contributed by atoms with Crippen molar-refractivity contribution < 1.29 is 24.2 Å². The highest BCUT2D eigenvalue weighted by Gasteiger charge is 2.46. The lowest BCUT2D eigenvalue weighted by molar-refractivity contribution is -0.140. The summed E-state index contributed by atoms with van der Waals surface area (Å²) >= 11 is 0. The highest BCUT2D eigenvalue weighted by atomic mass is 16.5. The Morgan fingerprint density at radius 1 is 1.12 bits per heavy atom. The minimum atomic E-state index is -0.750. The number of carbonyl (C=O) groups excluding carboxylic acids is 2. The van der Waals surface area contributed by atoms with Gasteiger partial charge in [0.1, 0.15) is 17.3 Å². The lowest BCUT2D eigenvalue weighted by Crippen LogP contribution is -2.35. The summed E-state index contributed by atoms with van der Waals surface area (Å²) in [7, 11) is 5.38. The van der Waals surface area contributed by atoms with Crippen LogP contribution in [0.5, 0.6) is 11.5 Å². The van der Waals surface area contributed by atoms with E-state index >= 15 is 0 Å². The normalized spacial score (nSPS) is 17.8. The smallest absolute Gasteiger partial charge is 0.295 e. The first-order valence-corrected chi connectivity index (χ1v) is 10.6. The van der Waals surface area contributed by atoms with E-state index in [-0.39, 0.29) is 11.3 Å². The van der Waals surface area contributed by atoms with Gasteiger partial charge in [0.25, 0.3) is 11.7 Å². The van der Waals surface area contributed by atoms with Crippen LogP contribution in [0.3, 0.4) is 0 Å². The summed E-state index contributed by atoms with van der Waals surface area (Å²) < 4.78 is 11.1. The van der Waals surface area contributed by atoms with Gasteiger partial charge in [-0.05, 0) is 57.8 Å². The molecule has 7 heteroatoms. The zero-order valence-electron chi connectivity index (χ0n) is 19.2. The summed E-state index contributed by atoms with van der Waals surface area (Å²) in [5.41, 5.74) is 1.99. The quantitative estimate of drug-likeness (QED) is 0.387. The van der Waals surface area contributed by atoms with Gasteiger partial charge in [-0.15, -0.1) is 0 Å². The molecule has 32 heavy (non-hydrogen) atoms. The topological polar surface area (TPSA) is 79.3 Å². The molecule has 1 N–H and O–H groups in total. The molecule has 1 aliphatic rings. The van der Waals surface area contributed by atoms with Crippen LogP contribution in [-0.4, -0.2) is 67.5 Å². The van der Waals surface area contributed by atoms with Crippen molar-refractivity contribution >= 4 is 17.4 Å². The van der Waals surface area contributed by atoms with Gasteiger partial charge < -0.3 is 24.4 Å². The monoisotopic (exact) mass is 438 g/mol. The Kier molecular flexibility index (Phi) is 7.20. The number of carbonyl (C=O) groups is 2. The minimum absolute atomic E-state index is 0.0606. The van der Waals surface area contributed by atoms with Crippen molar-refractivity contribution in [3.63, 3.8) is 0 Å². The predicted molar refractivity (Wildman–Crippen MR) is 123 cm³/mol. The minimum Gasteiger partial charge on any atom is -0.507 e. The Morgan fingerprint density at radius 2 is 1.84 bits per heavy atom. The summed E-state index contributed by atoms with van der Waals surface area (Å²) in [4.78, 5) is 29.6. The number of aryl methyl sites for hydroxylation is 1. The van der Waals surface area contributed by atoms with Gasteiger partial charge in [0.2, 0.25) is 0 Å². The number of rotatable bonds is 8. The molecule has 3 rings (SSSR count). The van der Waals surface area contributed by atoms with E-state index in [1.165, 1.54) is 4.90 Å². The second-order valence-electron chi connectivity index (χ2n) is 7.95. The molecule has 7 nitrogen and oxygen atoms in total. The number of likely N-dealkylation sites (tertiary alicyclic amines) is 1. The van der Waals surface area contributed by atoms with Crippen molar-refractivity contribution in [2.75, 3.05) is 40.9 Å². The summed E-state index contributed by atoms with van der Waals surface area (Å²) in [6.45, 7) is 5.07. The molecule has 0 aromatic heterocycles. The number of Topliss-reactive ketones (excluding diaryl/α,β-unsaturated/α-hetero) is 1. The first kappa shape index (κ1) is 23.3. The summed E-state index contributed by atoms with van der Waals surface area (Å²) in [6, 6.07) is 11.7. The Bertz CT molecular complexity index is 1040. The van der Waals surface area contributed by atoms with Gasteiger partial charge >= 0.3 is 0 Å². The standard InChI is InChI=1S/C25H30N2O5/c1-6-32-20-10-8-7-9-18(20)22-21(24(29)25(30)27(22)14-13-26(3)4)23(28)17-11-12-19(31-5)16(2)15-17/h7-12,15,22,28H,6,13-14H2,1-5H3/t22-/m1/s1. The average Bonchev–Trinajstić information content (AvgIpc) is 3.02. The van der Waals surface area contributed by atoms with Crippen molar-refractivity contribution in [2.45, 2.75) is 19.9 Å². The largest absolute Gasteiger partial charge is 0.507 e. The van der Waals surface area contributed by atoms with Crippen LogP contribution < -0.4 is 9.47 Å². The van der Waals surface area contributed by atoms with Gasteiger partial charge in [0.05, 0.1) is 25.3 Å². The molecule has 0 aliphatic carbocycles. The third kappa shape index (κ3) is 4.48. The second kappa shape index (κ2) is 9.87. The van der Waals surface area contributed by atoms with E-state index < -0.39 is 17.7 Å². The molecule has 1 aliphatic heterocycles.